The molecule has 0 saturated heterocycles. The number of methoxy groups -OCH3 is 2. The Bertz CT molecular complexity index is 869. The zero-order valence-electron chi connectivity index (χ0n) is 15.6. The molecule has 0 radical (unpaired) electrons. The van der Waals surface area contributed by atoms with Crippen LogP contribution in [0.15, 0.2) is 46.0 Å². The molecule has 2 aromatic carbocycles. The predicted molar refractivity (Wildman–Crippen MR) is 109 cm³/mol. The van der Waals surface area contributed by atoms with Crippen molar-refractivity contribution in [1.82, 2.24) is 5.43 Å². The van der Waals surface area contributed by atoms with Crippen molar-refractivity contribution in [1.29, 1.82) is 0 Å². The fraction of sp³-hybridized carbons (Fsp3) is 0.211. The molecule has 2 rings (SSSR count). The van der Waals surface area contributed by atoms with E-state index in [1.807, 2.05) is 6.92 Å². The molecule has 28 heavy (non-hydrogen) atoms. The molecule has 8 nitrogen and oxygen atoms in total. The molecular formula is C19H20BrN3O5. The maximum absolute atomic E-state index is 11.9. The lowest BCUT2D eigenvalue weighted by atomic mass is 10.2. The fourth-order valence-electron chi connectivity index (χ4n) is 2.18. The van der Waals surface area contributed by atoms with Crippen molar-refractivity contribution < 1.29 is 23.8 Å². The molecule has 148 valence electrons. The molecule has 2 aromatic rings. The summed E-state index contributed by atoms with van der Waals surface area (Å²) in [6.45, 7) is 2.42. The Morgan fingerprint density at radius 2 is 1.75 bits per heavy atom. The minimum absolute atomic E-state index is 0.466. The van der Waals surface area contributed by atoms with Crippen LogP contribution in [-0.2, 0) is 9.59 Å². The van der Waals surface area contributed by atoms with Gasteiger partial charge in [-0.05, 0) is 53.2 Å². The van der Waals surface area contributed by atoms with Gasteiger partial charge in [0.2, 0.25) is 0 Å². The minimum atomic E-state index is -0.906. The molecule has 2 N–H and O–H groups in total. The Balaban J connectivity index is 1.97. The van der Waals surface area contributed by atoms with E-state index >= 15 is 0 Å². The second-order valence-corrected chi connectivity index (χ2v) is 6.19. The lowest BCUT2D eigenvalue weighted by Crippen LogP contribution is -2.32. The van der Waals surface area contributed by atoms with E-state index in [0.717, 1.165) is 0 Å². The quantitative estimate of drug-likeness (QED) is 0.384. The number of ether oxygens (including phenoxy) is 3. The summed E-state index contributed by atoms with van der Waals surface area (Å²) < 4.78 is 16.5. The zero-order chi connectivity index (χ0) is 20.5. The number of nitrogens with zero attached hydrogens (tertiary/aromatic N) is 1. The molecule has 0 aliphatic heterocycles. The van der Waals surface area contributed by atoms with Gasteiger partial charge in [0.05, 0.1) is 31.5 Å². The number of nitrogens with one attached hydrogen (secondary N) is 2. The van der Waals surface area contributed by atoms with Gasteiger partial charge in [-0.15, -0.1) is 0 Å². The third-order valence-corrected chi connectivity index (χ3v) is 4.12. The van der Waals surface area contributed by atoms with Crippen LogP contribution in [0.3, 0.4) is 0 Å². The first-order valence-electron chi connectivity index (χ1n) is 8.27. The summed E-state index contributed by atoms with van der Waals surface area (Å²) in [4.78, 5) is 23.9. The van der Waals surface area contributed by atoms with Gasteiger partial charge in [-0.25, -0.2) is 5.43 Å². The number of carbonyl (C=O) groups is 2. The summed E-state index contributed by atoms with van der Waals surface area (Å²) in [7, 11) is 3.04. The van der Waals surface area contributed by atoms with Crippen molar-refractivity contribution >= 4 is 39.6 Å². The van der Waals surface area contributed by atoms with E-state index in [4.69, 9.17) is 14.2 Å². The van der Waals surface area contributed by atoms with E-state index in [9.17, 15) is 9.59 Å². The molecule has 0 atom stereocenters. The van der Waals surface area contributed by atoms with Gasteiger partial charge in [-0.1, -0.05) is 0 Å². The van der Waals surface area contributed by atoms with Crippen molar-refractivity contribution in [2.75, 3.05) is 26.1 Å². The Kier molecular flexibility index (Phi) is 7.82. The van der Waals surface area contributed by atoms with Gasteiger partial charge < -0.3 is 19.5 Å². The lowest BCUT2D eigenvalue weighted by molar-refractivity contribution is -0.136. The molecule has 0 spiro atoms. The second-order valence-electron chi connectivity index (χ2n) is 5.34. The Morgan fingerprint density at radius 1 is 1.07 bits per heavy atom. The van der Waals surface area contributed by atoms with Crippen LogP contribution in [0.4, 0.5) is 5.69 Å². The zero-order valence-corrected chi connectivity index (χ0v) is 17.2. The average molecular weight is 450 g/mol. The van der Waals surface area contributed by atoms with Gasteiger partial charge in [0, 0.05) is 17.3 Å². The minimum Gasteiger partial charge on any atom is -0.496 e. The molecule has 0 fully saturated rings. The maximum Gasteiger partial charge on any atom is 0.329 e. The highest BCUT2D eigenvalue weighted by Crippen LogP contribution is 2.31. The van der Waals surface area contributed by atoms with Crippen LogP contribution in [0.25, 0.3) is 0 Å². The molecule has 0 saturated carbocycles. The van der Waals surface area contributed by atoms with Crippen molar-refractivity contribution in [3.8, 4) is 17.2 Å². The molecule has 0 unspecified atom stereocenters. The Labute approximate surface area is 171 Å². The van der Waals surface area contributed by atoms with Crippen molar-refractivity contribution in [3.63, 3.8) is 0 Å². The molecule has 0 heterocycles. The number of anilines is 1. The summed E-state index contributed by atoms with van der Waals surface area (Å²) >= 11 is 3.36. The smallest absolute Gasteiger partial charge is 0.329 e. The van der Waals surface area contributed by atoms with E-state index in [2.05, 4.69) is 31.8 Å². The Morgan fingerprint density at radius 3 is 2.36 bits per heavy atom. The summed E-state index contributed by atoms with van der Waals surface area (Å²) in [5.74, 6) is 0.0136. The number of halogens is 1. The van der Waals surface area contributed by atoms with Crippen molar-refractivity contribution in [2.45, 2.75) is 6.92 Å². The van der Waals surface area contributed by atoms with Crippen LogP contribution >= 0.6 is 15.9 Å². The van der Waals surface area contributed by atoms with Gasteiger partial charge in [0.1, 0.15) is 17.2 Å². The predicted octanol–water partition coefficient (Wildman–Crippen LogP) is 2.95. The fourth-order valence-corrected chi connectivity index (χ4v) is 2.71. The van der Waals surface area contributed by atoms with Crippen LogP contribution in [0, 0.1) is 0 Å². The molecule has 2 amide bonds. The standard InChI is InChI=1S/C19H20BrN3O5/c1-4-28-14-7-5-13(6-8-14)22-18(24)19(25)23-21-11-12-9-15(20)17(27-3)10-16(12)26-2/h5-11H,4H2,1-3H3,(H,22,24)(H,23,25)/b21-11-. The van der Waals surface area contributed by atoms with Crippen LogP contribution in [0.2, 0.25) is 0 Å². The first-order chi connectivity index (χ1) is 13.5. The highest BCUT2D eigenvalue weighted by Gasteiger charge is 2.13. The molecule has 0 aliphatic carbocycles. The summed E-state index contributed by atoms with van der Waals surface area (Å²) in [5, 5.41) is 6.28. The first-order valence-corrected chi connectivity index (χ1v) is 9.06. The number of amides is 2. The summed E-state index contributed by atoms with van der Waals surface area (Å²) in [5.41, 5.74) is 3.23. The van der Waals surface area contributed by atoms with Gasteiger partial charge in [0.25, 0.3) is 0 Å². The number of hydrogen-bond donors (Lipinski definition) is 2. The number of benzene rings is 2. The number of hydrogen-bond acceptors (Lipinski definition) is 6. The van der Waals surface area contributed by atoms with E-state index in [1.165, 1.54) is 20.4 Å². The number of rotatable bonds is 7. The third-order valence-electron chi connectivity index (χ3n) is 3.50. The van der Waals surface area contributed by atoms with Crippen LogP contribution in [-0.4, -0.2) is 38.9 Å². The van der Waals surface area contributed by atoms with E-state index in [0.29, 0.717) is 39.6 Å². The topological polar surface area (TPSA) is 98.2 Å². The van der Waals surface area contributed by atoms with Crippen LogP contribution in [0.1, 0.15) is 12.5 Å². The van der Waals surface area contributed by atoms with E-state index in [1.54, 1.807) is 36.4 Å². The highest BCUT2D eigenvalue weighted by atomic mass is 79.9. The molecule has 0 aliphatic rings. The lowest BCUT2D eigenvalue weighted by Gasteiger charge is -2.09. The van der Waals surface area contributed by atoms with E-state index in [-0.39, 0.29) is 0 Å². The third kappa shape index (κ3) is 5.71. The highest BCUT2D eigenvalue weighted by molar-refractivity contribution is 9.10. The molecule has 0 aromatic heterocycles. The maximum atomic E-state index is 11.9. The number of hydrazone groups is 1. The largest absolute Gasteiger partial charge is 0.496 e. The number of carbonyl (C=O) groups excluding carboxylic acids is 2. The SMILES string of the molecule is CCOc1ccc(NC(=O)C(=O)N/N=C\c2cc(Br)c(OC)cc2OC)cc1. The van der Waals surface area contributed by atoms with Gasteiger partial charge >= 0.3 is 11.8 Å². The summed E-state index contributed by atoms with van der Waals surface area (Å²) in [6.07, 6.45) is 1.37. The normalized spacial score (nSPS) is 10.4. The molecular weight excluding hydrogens is 430 g/mol. The van der Waals surface area contributed by atoms with Gasteiger partial charge in [0.15, 0.2) is 0 Å². The van der Waals surface area contributed by atoms with Crippen molar-refractivity contribution in [3.05, 3.63) is 46.4 Å². The molecule has 9 heteroatoms. The van der Waals surface area contributed by atoms with Crippen LogP contribution < -0.4 is 25.0 Å². The summed E-state index contributed by atoms with van der Waals surface area (Å²) in [6, 6.07) is 10.1. The first kappa shape index (κ1) is 21.2. The monoisotopic (exact) mass is 449 g/mol. The Hall–Kier alpha value is -3.07. The van der Waals surface area contributed by atoms with Crippen molar-refractivity contribution in [2.24, 2.45) is 5.10 Å². The average Bonchev–Trinajstić information content (AvgIpc) is 2.69. The van der Waals surface area contributed by atoms with Gasteiger partial charge in [-0.3, -0.25) is 9.59 Å². The van der Waals surface area contributed by atoms with Gasteiger partial charge in [-0.2, -0.15) is 5.10 Å². The van der Waals surface area contributed by atoms with Crippen LogP contribution in [0.5, 0.6) is 17.2 Å². The van der Waals surface area contributed by atoms with E-state index < -0.39 is 11.8 Å². The second kappa shape index (κ2) is 10.3. The molecule has 0 bridgehead atoms.